The number of nitrogen functional groups attached to an aromatic ring is 1. The molecule has 104 valence electrons. The highest BCUT2D eigenvalue weighted by Gasteiger charge is 2.15. The van der Waals surface area contributed by atoms with E-state index in [1.165, 1.54) is 18.2 Å². The van der Waals surface area contributed by atoms with Gasteiger partial charge in [0.1, 0.15) is 11.3 Å². The molecule has 0 heterocycles. The average Bonchev–Trinajstić information content (AvgIpc) is 2.36. The molecular weight excluding hydrogens is 250 g/mol. The number of carboxylic acid groups (broad SMARTS) is 1. The third kappa shape index (κ3) is 4.87. The Morgan fingerprint density at radius 2 is 2.05 bits per heavy atom. The number of aromatic carboxylic acids is 1. The van der Waals surface area contributed by atoms with Crippen LogP contribution in [-0.2, 0) is 4.74 Å². The monoisotopic (exact) mass is 267 g/mol. The molecular formula is C13H17NO5. The Labute approximate surface area is 111 Å². The number of carbonyl (C=O) groups is 2. The van der Waals surface area contributed by atoms with Crippen LogP contribution in [0.25, 0.3) is 0 Å². The summed E-state index contributed by atoms with van der Waals surface area (Å²) < 4.78 is 9.67. The van der Waals surface area contributed by atoms with E-state index in [2.05, 4.69) is 0 Å². The Morgan fingerprint density at radius 3 is 2.68 bits per heavy atom. The van der Waals surface area contributed by atoms with Crippen LogP contribution in [-0.4, -0.2) is 23.8 Å². The van der Waals surface area contributed by atoms with Gasteiger partial charge in [0, 0.05) is 5.69 Å². The van der Waals surface area contributed by atoms with E-state index >= 15 is 0 Å². The molecule has 0 atom stereocenters. The van der Waals surface area contributed by atoms with Crippen LogP contribution in [0.1, 0.15) is 36.5 Å². The van der Waals surface area contributed by atoms with Crippen LogP contribution in [0.4, 0.5) is 10.5 Å². The van der Waals surface area contributed by atoms with Crippen LogP contribution in [0.3, 0.4) is 0 Å². The summed E-state index contributed by atoms with van der Waals surface area (Å²) in [6, 6.07) is 4.00. The molecule has 0 aliphatic rings. The lowest BCUT2D eigenvalue weighted by molar-refractivity contribution is 0.0689. The van der Waals surface area contributed by atoms with Crippen molar-refractivity contribution in [3.8, 4) is 5.75 Å². The van der Waals surface area contributed by atoms with E-state index < -0.39 is 12.1 Å². The highest BCUT2D eigenvalue weighted by Crippen LogP contribution is 2.21. The van der Waals surface area contributed by atoms with Gasteiger partial charge in [-0.2, -0.15) is 0 Å². The first kappa shape index (κ1) is 14.8. The van der Waals surface area contributed by atoms with Gasteiger partial charge in [-0.25, -0.2) is 9.59 Å². The number of carbonyl (C=O) groups excluding carboxylic acids is 1. The number of hydrogen-bond acceptors (Lipinski definition) is 5. The maximum Gasteiger partial charge on any atom is 0.513 e. The number of nitrogens with two attached hydrogens (primary N) is 1. The minimum atomic E-state index is -1.22. The maximum atomic E-state index is 11.4. The Balaban J connectivity index is 2.61. The minimum Gasteiger partial charge on any atom is -0.478 e. The van der Waals surface area contributed by atoms with Gasteiger partial charge in [0.05, 0.1) is 6.61 Å². The van der Waals surface area contributed by atoms with Crippen molar-refractivity contribution < 1.29 is 24.2 Å². The second kappa shape index (κ2) is 7.25. The molecule has 1 rings (SSSR count). The van der Waals surface area contributed by atoms with Crippen molar-refractivity contribution in [1.29, 1.82) is 0 Å². The van der Waals surface area contributed by atoms with Crippen molar-refractivity contribution in [2.75, 3.05) is 12.3 Å². The van der Waals surface area contributed by atoms with Gasteiger partial charge >= 0.3 is 12.1 Å². The number of carboxylic acids is 1. The van der Waals surface area contributed by atoms with Gasteiger partial charge in [0.25, 0.3) is 0 Å². The molecule has 6 nitrogen and oxygen atoms in total. The minimum absolute atomic E-state index is 0.0813. The van der Waals surface area contributed by atoms with Crippen LogP contribution in [0, 0.1) is 0 Å². The van der Waals surface area contributed by atoms with Crippen LogP contribution in [0.2, 0.25) is 0 Å². The van der Waals surface area contributed by atoms with Crippen molar-refractivity contribution >= 4 is 17.8 Å². The maximum absolute atomic E-state index is 11.4. The molecule has 19 heavy (non-hydrogen) atoms. The lowest BCUT2D eigenvalue weighted by Gasteiger charge is -2.08. The van der Waals surface area contributed by atoms with Crippen molar-refractivity contribution in [3.05, 3.63) is 23.8 Å². The summed E-state index contributed by atoms with van der Waals surface area (Å²) in [5.74, 6) is -1.30. The second-order valence-corrected chi connectivity index (χ2v) is 3.97. The van der Waals surface area contributed by atoms with Crippen LogP contribution >= 0.6 is 0 Å². The molecule has 6 heteroatoms. The van der Waals surface area contributed by atoms with Crippen molar-refractivity contribution in [1.82, 2.24) is 0 Å². The summed E-state index contributed by atoms with van der Waals surface area (Å²) in [4.78, 5) is 22.3. The van der Waals surface area contributed by atoms with Crippen LogP contribution in [0.5, 0.6) is 5.75 Å². The first-order valence-electron chi connectivity index (χ1n) is 6.02. The number of benzene rings is 1. The zero-order valence-corrected chi connectivity index (χ0v) is 10.7. The van der Waals surface area contributed by atoms with Crippen LogP contribution in [0.15, 0.2) is 18.2 Å². The fourth-order valence-corrected chi connectivity index (χ4v) is 1.43. The van der Waals surface area contributed by atoms with E-state index in [1.807, 2.05) is 6.92 Å². The summed E-state index contributed by atoms with van der Waals surface area (Å²) in [6.07, 6.45) is 1.80. The molecule has 1 aromatic rings. The number of anilines is 1. The molecule has 0 amide bonds. The van der Waals surface area contributed by atoms with E-state index in [0.717, 1.165) is 19.3 Å². The fraction of sp³-hybridized carbons (Fsp3) is 0.385. The fourth-order valence-electron chi connectivity index (χ4n) is 1.43. The SMILES string of the molecule is CCCCCOC(=O)Oc1ccc(N)cc1C(=O)O. The summed E-state index contributed by atoms with van der Waals surface area (Å²) in [7, 11) is 0. The number of hydrogen-bond donors (Lipinski definition) is 2. The molecule has 0 fully saturated rings. The van der Waals surface area contributed by atoms with Gasteiger partial charge in [-0.15, -0.1) is 0 Å². The molecule has 0 unspecified atom stereocenters. The summed E-state index contributed by atoms with van der Waals surface area (Å²) in [5, 5.41) is 8.96. The van der Waals surface area contributed by atoms with Crippen LogP contribution < -0.4 is 10.5 Å². The molecule has 0 bridgehead atoms. The zero-order chi connectivity index (χ0) is 14.3. The van der Waals surface area contributed by atoms with Gasteiger partial charge < -0.3 is 20.3 Å². The third-order valence-corrected chi connectivity index (χ3v) is 2.40. The second-order valence-electron chi connectivity index (χ2n) is 3.97. The summed E-state index contributed by atoms with van der Waals surface area (Å²) in [5.41, 5.74) is 5.58. The van der Waals surface area contributed by atoms with Crippen molar-refractivity contribution in [2.24, 2.45) is 0 Å². The lowest BCUT2D eigenvalue weighted by atomic mass is 10.2. The zero-order valence-electron chi connectivity index (χ0n) is 10.7. The summed E-state index contributed by atoms with van der Waals surface area (Å²) in [6.45, 7) is 2.29. The largest absolute Gasteiger partial charge is 0.513 e. The van der Waals surface area contributed by atoms with Crippen molar-refractivity contribution in [3.63, 3.8) is 0 Å². The number of rotatable bonds is 6. The molecule has 0 saturated heterocycles. The van der Waals surface area contributed by atoms with Gasteiger partial charge in [-0.1, -0.05) is 19.8 Å². The predicted molar refractivity (Wildman–Crippen MR) is 69.3 cm³/mol. The highest BCUT2D eigenvalue weighted by atomic mass is 16.7. The standard InChI is InChI=1S/C13H17NO5/c1-2-3-4-7-18-13(17)19-11-6-5-9(14)8-10(11)12(15)16/h5-6,8H,2-4,7,14H2,1H3,(H,15,16). The molecule has 3 N–H and O–H groups in total. The first-order valence-corrected chi connectivity index (χ1v) is 6.02. The molecule has 0 aromatic heterocycles. The normalized spacial score (nSPS) is 9.95. The quantitative estimate of drug-likeness (QED) is 0.356. The van der Waals surface area contributed by atoms with E-state index in [0.29, 0.717) is 0 Å². The van der Waals surface area contributed by atoms with Gasteiger partial charge in [0.2, 0.25) is 0 Å². The average molecular weight is 267 g/mol. The molecule has 0 spiro atoms. The van der Waals surface area contributed by atoms with E-state index in [9.17, 15) is 9.59 Å². The van der Waals surface area contributed by atoms with E-state index in [-0.39, 0.29) is 23.6 Å². The Hall–Kier alpha value is -2.24. The third-order valence-electron chi connectivity index (χ3n) is 2.40. The van der Waals surface area contributed by atoms with Crippen molar-refractivity contribution in [2.45, 2.75) is 26.2 Å². The lowest BCUT2D eigenvalue weighted by Crippen LogP contribution is -2.14. The van der Waals surface area contributed by atoms with E-state index in [1.54, 1.807) is 0 Å². The number of unbranched alkanes of at least 4 members (excludes halogenated alkanes) is 2. The first-order chi connectivity index (χ1) is 9.04. The Kier molecular flexibility index (Phi) is 5.66. The molecule has 0 saturated carbocycles. The van der Waals surface area contributed by atoms with Gasteiger partial charge in [-0.3, -0.25) is 0 Å². The molecule has 0 aliphatic heterocycles. The van der Waals surface area contributed by atoms with Gasteiger partial charge in [0.15, 0.2) is 0 Å². The van der Waals surface area contributed by atoms with E-state index in [4.69, 9.17) is 20.3 Å². The van der Waals surface area contributed by atoms with Gasteiger partial charge in [-0.05, 0) is 24.6 Å². The smallest absolute Gasteiger partial charge is 0.478 e. The molecule has 0 radical (unpaired) electrons. The highest BCUT2D eigenvalue weighted by molar-refractivity contribution is 5.92. The Bertz CT molecular complexity index is 458. The molecule has 1 aromatic carbocycles. The predicted octanol–water partition coefficient (Wildman–Crippen LogP) is 2.67. The topological polar surface area (TPSA) is 98.9 Å². The summed E-state index contributed by atoms with van der Waals surface area (Å²) >= 11 is 0. The Morgan fingerprint density at radius 1 is 1.32 bits per heavy atom. The molecule has 0 aliphatic carbocycles. The number of ether oxygens (including phenoxy) is 2.